The van der Waals surface area contributed by atoms with E-state index in [2.05, 4.69) is 46.7 Å². The van der Waals surface area contributed by atoms with Crippen molar-refractivity contribution in [3.63, 3.8) is 0 Å². The molecular formula is C27H28BF2N7. The maximum absolute atomic E-state index is 14.7. The highest BCUT2D eigenvalue weighted by Crippen LogP contribution is 2.37. The van der Waals surface area contributed by atoms with Gasteiger partial charge in [0.25, 0.3) is 0 Å². The fourth-order valence-corrected chi connectivity index (χ4v) is 4.33. The highest BCUT2D eigenvalue weighted by molar-refractivity contribution is 6.19. The molecule has 1 unspecified atom stereocenters. The first kappa shape index (κ1) is 24.7. The molecule has 7 nitrogen and oxygen atoms in total. The Morgan fingerprint density at radius 3 is 2.51 bits per heavy atom. The first-order valence-corrected chi connectivity index (χ1v) is 12.3. The fraction of sp³-hybridized carbons (Fsp3) is 0.333. The third kappa shape index (κ3) is 4.99. The van der Waals surface area contributed by atoms with Crippen LogP contribution in [0.1, 0.15) is 56.5 Å². The van der Waals surface area contributed by atoms with Gasteiger partial charge in [-0.15, -0.1) is 5.10 Å². The quantitative estimate of drug-likeness (QED) is 0.283. The van der Waals surface area contributed by atoms with Crippen molar-refractivity contribution in [3.05, 3.63) is 77.2 Å². The van der Waals surface area contributed by atoms with Crippen molar-refractivity contribution in [3.8, 4) is 6.07 Å². The second-order valence-corrected chi connectivity index (χ2v) is 11.0. The lowest BCUT2D eigenvalue weighted by atomic mass is 9.69. The molecule has 2 aromatic carbocycles. The number of benzene rings is 2. The van der Waals surface area contributed by atoms with Crippen LogP contribution in [-0.2, 0) is 5.44 Å². The van der Waals surface area contributed by atoms with Crippen LogP contribution in [0.2, 0.25) is 0 Å². The average molecular weight is 499 g/mol. The Kier molecular flexibility index (Phi) is 6.10. The molecule has 0 radical (unpaired) electrons. The lowest BCUT2D eigenvalue weighted by Crippen LogP contribution is -2.37. The average Bonchev–Trinajstić information content (AvgIpc) is 3.58. The van der Waals surface area contributed by atoms with Gasteiger partial charge >= 0.3 is 0 Å². The predicted molar refractivity (Wildman–Crippen MR) is 142 cm³/mol. The Hall–Kier alpha value is -4.00. The van der Waals surface area contributed by atoms with Crippen LogP contribution < -0.4 is 10.6 Å². The molecule has 0 bridgehead atoms. The zero-order chi connectivity index (χ0) is 26.4. The van der Waals surface area contributed by atoms with Gasteiger partial charge in [0.05, 0.1) is 28.9 Å². The van der Waals surface area contributed by atoms with Crippen molar-refractivity contribution in [1.29, 1.82) is 5.26 Å². The minimum absolute atomic E-state index is 0.0941. The Bertz CT molecular complexity index is 1500. The van der Waals surface area contributed by atoms with Crippen LogP contribution >= 0.6 is 0 Å². The number of fused-ring (bicyclic) bond motifs is 1. The molecule has 0 saturated heterocycles. The number of nitrogens with one attached hydrogen (secondary N) is 2. The third-order valence-electron chi connectivity index (χ3n) is 6.61. The van der Waals surface area contributed by atoms with Crippen LogP contribution in [0, 0.1) is 28.5 Å². The van der Waals surface area contributed by atoms with Crippen LogP contribution in [0.4, 0.5) is 20.2 Å². The van der Waals surface area contributed by atoms with E-state index in [1.807, 2.05) is 30.9 Å². The topological polar surface area (TPSA) is 91.5 Å². The Morgan fingerprint density at radius 2 is 1.86 bits per heavy atom. The minimum Gasteiger partial charge on any atom is -0.383 e. The van der Waals surface area contributed by atoms with Gasteiger partial charge in [0.1, 0.15) is 31.0 Å². The van der Waals surface area contributed by atoms with Crippen molar-refractivity contribution in [2.24, 2.45) is 5.41 Å². The number of hydrogen-bond donors (Lipinski definition) is 2. The van der Waals surface area contributed by atoms with E-state index in [9.17, 15) is 14.0 Å². The number of rotatable bonds is 7. The normalized spacial score (nSPS) is 15.2. The third-order valence-corrected chi connectivity index (χ3v) is 6.61. The molecule has 2 N–H and O–H groups in total. The second-order valence-electron chi connectivity index (χ2n) is 11.0. The molecule has 0 amide bonds. The zero-order valence-electron chi connectivity index (χ0n) is 21.3. The van der Waals surface area contributed by atoms with Gasteiger partial charge < -0.3 is 10.6 Å². The van der Waals surface area contributed by atoms with E-state index in [0.717, 1.165) is 18.4 Å². The standard InChI is InChI=1S/C27H28BF2N7/c1-26(2,3)15-32-24-20-12-18(8-11-22(20)33-25(30)21(24)13-31)34-27(28,16-4-6-17(29)7-5-16)23-14-37(36-35-23)19-9-10-19/h4-8,11-12,14,19,34H,9-10,15,28H2,1-3H3,(H,32,33). The molecule has 1 aliphatic rings. The van der Waals surface area contributed by atoms with E-state index >= 15 is 0 Å². The van der Waals surface area contributed by atoms with E-state index in [1.165, 1.54) is 12.1 Å². The lowest BCUT2D eigenvalue weighted by molar-refractivity contribution is 0.443. The van der Waals surface area contributed by atoms with Gasteiger partial charge in [-0.1, -0.05) is 38.1 Å². The molecule has 2 aromatic heterocycles. The molecule has 2 heterocycles. The Labute approximate surface area is 215 Å². The van der Waals surface area contributed by atoms with Crippen LogP contribution in [0.3, 0.4) is 0 Å². The van der Waals surface area contributed by atoms with Crippen molar-refractivity contribution in [2.45, 2.75) is 45.1 Å². The number of nitriles is 1. The number of nitrogens with zero attached hydrogens (tertiary/aromatic N) is 5. The van der Waals surface area contributed by atoms with E-state index in [0.29, 0.717) is 40.6 Å². The molecule has 5 rings (SSSR count). The maximum Gasteiger partial charge on any atom is 0.233 e. The second kappa shape index (κ2) is 9.14. The van der Waals surface area contributed by atoms with E-state index in [-0.39, 0.29) is 16.8 Å². The number of pyridine rings is 1. The van der Waals surface area contributed by atoms with Gasteiger partial charge in [0.2, 0.25) is 5.95 Å². The van der Waals surface area contributed by atoms with Crippen LogP contribution in [0.25, 0.3) is 10.9 Å². The summed E-state index contributed by atoms with van der Waals surface area (Å²) < 4.78 is 30.3. The molecule has 188 valence electrons. The summed E-state index contributed by atoms with van der Waals surface area (Å²) in [6.45, 7) is 6.71. The van der Waals surface area contributed by atoms with E-state index < -0.39 is 11.4 Å². The first-order valence-electron chi connectivity index (χ1n) is 12.3. The summed E-state index contributed by atoms with van der Waals surface area (Å²) in [5.41, 5.74) is 1.97. The Morgan fingerprint density at radius 1 is 1.14 bits per heavy atom. The smallest absolute Gasteiger partial charge is 0.233 e. The predicted octanol–water partition coefficient (Wildman–Crippen LogP) is 4.72. The number of halogens is 2. The first-order chi connectivity index (χ1) is 17.6. The summed E-state index contributed by atoms with van der Waals surface area (Å²) in [5, 5.41) is 25.9. The zero-order valence-corrected chi connectivity index (χ0v) is 21.3. The number of aromatic nitrogens is 4. The lowest BCUT2D eigenvalue weighted by Gasteiger charge is -2.31. The van der Waals surface area contributed by atoms with Gasteiger partial charge in [0, 0.05) is 17.6 Å². The summed E-state index contributed by atoms with van der Waals surface area (Å²) in [6.07, 6.45) is 4.07. The van der Waals surface area contributed by atoms with Gasteiger partial charge in [-0.25, -0.2) is 14.1 Å². The fourth-order valence-electron chi connectivity index (χ4n) is 4.33. The number of anilines is 2. The molecule has 1 saturated carbocycles. The van der Waals surface area contributed by atoms with Crippen molar-refractivity contribution in [1.82, 2.24) is 20.0 Å². The molecule has 0 spiro atoms. The van der Waals surface area contributed by atoms with Gasteiger partial charge in [0.15, 0.2) is 0 Å². The maximum atomic E-state index is 14.7. The summed E-state index contributed by atoms with van der Waals surface area (Å²) in [5.74, 6) is -1.13. The molecule has 0 aliphatic heterocycles. The highest BCUT2D eigenvalue weighted by atomic mass is 19.1. The van der Waals surface area contributed by atoms with Crippen molar-refractivity contribution >= 4 is 30.1 Å². The van der Waals surface area contributed by atoms with E-state index in [1.54, 1.807) is 24.3 Å². The molecule has 1 aliphatic carbocycles. The molecule has 1 fully saturated rings. The molecular weight excluding hydrogens is 471 g/mol. The largest absolute Gasteiger partial charge is 0.383 e. The van der Waals surface area contributed by atoms with Gasteiger partial charge in [-0.2, -0.15) is 9.65 Å². The Balaban J connectivity index is 1.60. The van der Waals surface area contributed by atoms with Crippen molar-refractivity contribution in [2.75, 3.05) is 17.2 Å². The van der Waals surface area contributed by atoms with Gasteiger partial charge in [-0.05, 0) is 54.2 Å². The summed E-state index contributed by atoms with van der Waals surface area (Å²) in [7, 11) is 1.97. The monoisotopic (exact) mass is 499 g/mol. The molecule has 4 aromatic rings. The van der Waals surface area contributed by atoms with Crippen LogP contribution in [0.5, 0.6) is 0 Å². The summed E-state index contributed by atoms with van der Waals surface area (Å²) >= 11 is 0. The van der Waals surface area contributed by atoms with Crippen LogP contribution in [0.15, 0.2) is 48.7 Å². The SMILES string of the molecule is BC(Nc1ccc2nc(F)c(C#N)c(NCC(C)(C)C)c2c1)(c1ccc(F)cc1)c1cn(C2CC2)nn1. The molecule has 1 atom stereocenters. The number of hydrogen-bond acceptors (Lipinski definition) is 6. The summed E-state index contributed by atoms with van der Waals surface area (Å²) in [6, 6.07) is 14.0. The summed E-state index contributed by atoms with van der Waals surface area (Å²) in [4.78, 5) is 4.02. The minimum atomic E-state index is -0.848. The van der Waals surface area contributed by atoms with E-state index in [4.69, 9.17) is 0 Å². The highest BCUT2D eigenvalue weighted by Gasteiger charge is 2.34. The molecule has 37 heavy (non-hydrogen) atoms. The molecule has 10 heteroatoms. The van der Waals surface area contributed by atoms with Gasteiger partial charge in [-0.3, -0.25) is 0 Å². The van der Waals surface area contributed by atoms with Crippen LogP contribution in [-0.4, -0.2) is 34.4 Å². The van der Waals surface area contributed by atoms with Crippen molar-refractivity contribution < 1.29 is 8.78 Å².